The Bertz CT molecular complexity index is 495. The Morgan fingerprint density at radius 3 is 3.00 bits per heavy atom. The van der Waals surface area contributed by atoms with Gasteiger partial charge in [0.2, 0.25) is 0 Å². The van der Waals surface area contributed by atoms with E-state index in [-0.39, 0.29) is 0 Å². The molecule has 0 fully saturated rings. The number of amidine groups is 1. The first-order valence-electron chi connectivity index (χ1n) is 5.89. The third kappa shape index (κ3) is 2.68. The molecule has 1 aliphatic heterocycles. The zero-order valence-electron chi connectivity index (χ0n) is 10.3. The predicted molar refractivity (Wildman–Crippen MR) is 69.8 cm³/mol. The summed E-state index contributed by atoms with van der Waals surface area (Å²) in [6.07, 6.45) is 0.295. The van der Waals surface area contributed by atoms with Crippen molar-refractivity contribution >= 4 is 11.8 Å². The highest BCUT2D eigenvalue weighted by Crippen LogP contribution is 2.14. The molecular formula is C13H17N3O2. The SMILES string of the molecule is C[C@](N)(Cc1cccc(C2=NCCN2)c1)C(=O)O. The number of nitrogens with zero attached hydrogens (tertiary/aromatic N) is 1. The van der Waals surface area contributed by atoms with Crippen LogP contribution in [0.5, 0.6) is 0 Å². The fourth-order valence-corrected chi connectivity index (χ4v) is 1.92. The van der Waals surface area contributed by atoms with Crippen LogP contribution >= 0.6 is 0 Å². The van der Waals surface area contributed by atoms with E-state index in [9.17, 15) is 4.79 Å². The second kappa shape index (κ2) is 4.78. The number of nitrogens with two attached hydrogens (primary N) is 1. The number of carboxylic acid groups (broad SMARTS) is 1. The molecule has 18 heavy (non-hydrogen) atoms. The molecule has 0 unspecified atom stereocenters. The Labute approximate surface area is 106 Å². The molecule has 0 radical (unpaired) electrons. The van der Waals surface area contributed by atoms with Gasteiger partial charge in [-0.15, -0.1) is 0 Å². The fraction of sp³-hybridized carbons (Fsp3) is 0.385. The summed E-state index contributed by atoms with van der Waals surface area (Å²) in [7, 11) is 0. The molecule has 2 rings (SSSR count). The maximum Gasteiger partial charge on any atom is 0.323 e. The standard InChI is InChI=1S/C13H17N3O2/c1-13(14,12(17)18)8-9-3-2-4-10(7-9)11-15-5-6-16-11/h2-4,7H,5-6,8,14H2,1H3,(H,15,16)(H,17,18)/t13-/m0/s1. The van der Waals surface area contributed by atoms with Crippen molar-refractivity contribution < 1.29 is 9.90 Å². The van der Waals surface area contributed by atoms with Crippen molar-refractivity contribution in [1.29, 1.82) is 0 Å². The summed E-state index contributed by atoms with van der Waals surface area (Å²) < 4.78 is 0. The topological polar surface area (TPSA) is 87.7 Å². The minimum absolute atomic E-state index is 0.295. The summed E-state index contributed by atoms with van der Waals surface area (Å²) in [5.41, 5.74) is 6.38. The summed E-state index contributed by atoms with van der Waals surface area (Å²) in [5.74, 6) is -0.130. The van der Waals surface area contributed by atoms with Crippen LogP contribution in [0.2, 0.25) is 0 Å². The van der Waals surface area contributed by atoms with Crippen LogP contribution in [-0.4, -0.2) is 35.5 Å². The number of aliphatic carboxylic acids is 1. The van der Waals surface area contributed by atoms with Crippen LogP contribution in [-0.2, 0) is 11.2 Å². The third-order valence-corrected chi connectivity index (χ3v) is 2.93. The van der Waals surface area contributed by atoms with Crippen molar-refractivity contribution in [3.05, 3.63) is 35.4 Å². The lowest BCUT2D eigenvalue weighted by Gasteiger charge is -2.19. The van der Waals surface area contributed by atoms with Gasteiger partial charge in [0, 0.05) is 18.5 Å². The molecule has 4 N–H and O–H groups in total. The van der Waals surface area contributed by atoms with Gasteiger partial charge < -0.3 is 16.2 Å². The van der Waals surface area contributed by atoms with E-state index < -0.39 is 11.5 Å². The van der Waals surface area contributed by atoms with Crippen molar-refractivity contribution in [3.63, 3.8) is 0 Å². The predicted octanol–water partition coefficient (Wildman–Crippen LogP) is 0.381. The molecule has 5 nitrogen and oxygen atoms in total. The number of carbonyl (C=O) groups is 1. The van der Waals surface area contributed by atoms with Crippen molar-refractivity contribution in [3.8, 4) is 0 Å². The molecule has 1 aromatic rings. The van der Waals surface area contributed by atoms with Crippen LogP contribution < -0.4 is 11.1 Å². The van der Waals surface area contributed by atoms with Crippen LogP contribution in [0.4, 0.5) is 0 Å². The van der Waals surface area contributed by atoms with Crippen LogP contribution in [0.1, 0.15) is 18.1 Å². The van der Waals surface area contributed by atoms with E-state index in [0.717, 1.165) is 30.1 Å². The summed E-state index contributed by atoms with van der Waals surface area (Å²) in [4.78, 5) is 15.3. The molecule has 0 saturated heterocycles. The van der Waals surface area contributed by atoms with Crippen molar-refractivity contribution in [2.45, 2.75) is 18.9 Å². The van der Waals surface area contributed by atoms with Gasteiger partial charge in [0.25, 0.3) is 0 Å². The molecule has 96 valence electrons. The number of nitrogens with one attached hydrogen (secondary N) is 1. The Hall–Kier alpha value is -1.88. The Morgan fingerprint density at radius 2 is 2.39 bits per heavy atom. The number of hydrogen-bond acceptors (Lipinski definition) is 4. The highest BCUT2D eigenvalue weighted by Gasteiger charge is 2.28. The largest absolute Gasteiger partial charge is 0.480 e. The monoisotopic (exact) mass is 247 g/mol. The van der Waals surface area contributed by atoms with E-state index in [2.05, 4.69) is 10.3 Å². The van der Waals surface area contributed by atoms with E-state index in [1.807, 2.05) is 24.3 Å². The van der Waals surface area contributed by atoms with E-state index >= 15 is 0 Å². The molecule has 1 heterocycles. The normalized spacial score (nSPS) is 17.8. The van der Waals surface area contributed by atoms with Crippen molar-refractivity contribution in [2.75, 3.05) is 13.1 Å². The first-order valence-corrected chi connectivity index (χ1v) is 5.89. The van der Waals surface area contributed by atoms with Crippen LogP contribution in [0.3, 0.4) is 0 Å². The van der Waals surface area contributed by atoms with Crippen molar-refractivity contribution in [2.24, 2.45) is 10.7 Å². The average Bonchev–Trinajstić information content (AvgIpc) is 2.82. The Balaban J connectivity index is 2.20. The molecule has 0 aromatic heterocycles. The zero-order valence-corrected chi connectivity index (χ0v) is 10.3. The molecule has 0 amide bonds. The highest BCUT2D eigenvalue weighted by molar-refractivity contribution is 5.99. The third-order valence-electron chi connectivity index (χ3n) is 2.93. The number of hydrogen-bond donors (Lipinski definition) is 3. The van der Waals surface area contributed by atoms with Gasteiger partial charge in [-0.25, -0.2) is 0 Å². The molecule has 0 spiro atoms. The molecule has 1 atom stereocenters. The Kier molecular flexibility index (Phi) is 3.34. The molecule has 5 heteroatoms. The quantitative estimate of drug-likeness (QED) is 0.718. The van der Waals surface area contributed by atoms with Gasteiger partial charge in [-0.1, -0.05) is 18.2 Å². The van der Waals surface area contributed by atoms with Crippen LogP contribution in [0.15, 0.2) is 29.3 Å². The van der Waals surface area contributed by atoms with Gasteiger partial charge in [-0.3, -0.25) is 9.79 Å². The first-order chi connectivity index (χ1) is 8.49. The molecule has 0 aliphatic carbocycles. The van der Waals surface area contributed by atoms with Gasteiger partial charge >= 0.3 is 5.97 Å². The number of benzene rings is 1. The van der Waals surface area contributed by atoms with Gasteiger partial charge in [0.05, 0.1) is 6.54 Å². The van der Waals surface area contributed by atoms with Gasteiger partial charge in [-0.05, 0) is 18.6 Å². The smallest absolute Gasteiger partial charge is 0.323 e. The molecule has 1 aliphatic rings. The number of aliphatic imine (C=N–C) groups is 1. The van der Waals surface area contributed by atoms with E-state index in [4.69, 9.17) is 10.8 Å². The number of rotatable bonds is 4. The molecule has 0 bridgehead atoms. The van der Waals surface area contributed by atoms with E-state index in [1.54, 1.807) is 0 Å². The summed E-state index contributed by atoms with van der Waals surface area (Å²) >= 11 is 0. The van der Waals surface area contributed by atoms with Crippen molar-refractivity contribution in [1.82, 2.24) is 5.32 Å². The lowest BCUT2D eigenvalue weighted by Crippen LogP contribution is -2.46. The lowest BCUT2D eigenvalue weighted by molar-refractivity contribution is -0.142. The van der Waals surface area contributed by atoms with Gasteiger partial charge in [0.1, 0.15) is 11.4 Å². The second-order valence-corrected chi connectivity index (χ2v) is 4.76. The number of carboxylic acids is 1. The minimum Gasteiger partial charge on any atom is -0.480 e. The highest BCUT2D eigenvalue weighted by atomic mass is 16.4. The summed E-state index contributed by atoms with van der Waals surface area (Å²) in [5, 5.41) is 12.2. The maximum absolute atomic E-state index is 11.0. The van der Waals surface area contributed by atoms with Crippen LogP contribution in [0.25, 0.3) is 0 Å². The first kappa shape index (κ1) is 12.6. The van der Waals surface area contributed by atoms with Gasteiger partial charge in [0.15, 0.2) is 0 Å². The fourth-order valence-electron chi connectivity index (χ4n) is 1.92. The molecule has 0 saturated carbocycles. The van der Waals surface area contributed by atoms with E-state index in [1.165, 1.54) is 6.92 Å². The van der Waals surface area contributed by atoms with Gasteiger partial charge in [-0.2, -0.15) is 0 Å². The average molecular weight is 247 g/mol. The molecule has 1 aromatic carbocycles. The van der Waals surface area contributed by atoms with Crippen LogP contribution in [0, 0.1) is 0 Å². The van der Waals surface area contributed by atoms with E-state index in [0.29, 0.717) is 6.42 Å². The lowest BCUT2D eigenvalue weighted by atomic mass is 9.93. The maximum atomic E-state index is 11.0. The summed E-state index contributed by atoms with van der Waals surface area (Å²) in [6, 6.07) is 7.67. The zero-order chi connectivity index (χ0) is 13.2. The molecular weight excluding hydrogens is 230 g/mol. The minimum atomic E-state index is -1.25. The second-order valence-electron chi connectivity index (χ2n) is 4.76. The Morgan fingerprint density at radius 1 is 1.61 bits per heavy atom. The summed E-state index contributed by atoms with van der Waals surface area (Å²) in [6.45, 7) is 3.15.